The van der Waals surface area contributed by atoms with Gasteiger partial charge in [0.2, 0.25) is 5.95 Å². The fourth-order valence-corrected chi connectivity index (χ4v) is 3.57. The second-order valence-corrected chi connectivity index (χ2v) is 7.79. The number of pyridine rings is 1. The molecule has 0 unspecified atom stereocenters. The average molecular weight is 425 g/mol. The highest BCUT2D eigenvalue weighted by molar-refractivity contribution is 5.78. The molecule has 168 valence electrons. The van der Waals surface area contributed by atoms with Crippen molar-refractivity contribution in [2.24, 2.45) is 5.73 Å². The summed E-state index contributed by atoms with van der Waals surface area (Å²) < 4.78 is 7.41. The number of imidazole rings is 1. The van der Waals surface area contributed by atoms with Gasteiger partial charge in [0.25, 0.3) is 0 Å². The van der Waals surface area contributed by atoms with Gasteiger partial charge in [-0.2, -0.15) is 0 Å². The van der Waals surface area contributed by atoms with Crippen LogP contribution in [0.25, 0.3) is 11.2 Å². The lowest BCUT2D eigenvalue weighted by Crippen LogP contribution is -2.26. The van der Waals surface area contributed by atoms with Crippen LogP contribution in [0.5, 0.6) is 5.75 Å². The summed E-state index contributed by atoms with van der Waals surface area (Å²) in [4.78, 5) is 12.3. The zero-order valence-electron chi connectivity index (χ0n) is 19.1. The normalized spacial score (nSPS) is 11.1. The highest BCUT2D eigenvalue weighted by Crippen LogP contribution is 2.26. The van der Waals surface area contributed by atoms with Gasteiger partial charge in [0, 0.05) is 25.3 Å². The van der Waals surface area contributed by atoms with Crippen molar-refractivity contribution in [2.75, 3.05) is 37.0 Å². The number of fused-ring (bicyclic) bond motifs is 1. The van der Waals surface area contributed by atoms with Crippen molar-refractivity contribution in [3.63, 3.8) is 0 Å². The largest absolute Gasteiger partial charge is 0.497 e. The Bertz CT molecular complexity index is 929. The van der Waals surface area contributed by atoms with E-state index in [2.05, 4.69) is 40.8 Å². The molecule has 2 heterocycles. The molecule has 0 aliphatic carbocycles. The zero-order valence-corrected chi connectivity index (χ0v) is 19.1. The lowest BCUT2D eigenvalue weighted by molar-refractivity contribution is 0.415. The SMILES string of the molecule is CCCCN(CCCC)c1ccc2nc(Nc3ccc(OC)cc3)n(CCCN)c2n1. The number of aryl methyl sites for hydroxylation is 1. The molecule has 0 amide bonds. The minimum Gasteiger partial charge on any atom is -0.497 e. The van der Waals surface area contributed by atoms with E-state index in [4.69, 9.17) is 20.4 Å². The number of ether oxygens (including phenoxy) is 1. The fourth-order valence-electron chi connectivity index (χ4n) is 3.57. The van der Waals surface area contributed by atoms with E-state index in [1.54, 1.807) is 7.11 Å². The van der Waals surface area contributed by atoms with Crippen LogP contribution in [0.2, 0.25) is 0 Å². The van der Waals surface area contributed by atoms with Gasteiger partial charge in [-0.1, -0.05) is 26.7 Å². The van der Waals surface area contributed by atoms with Crippen molar-refractivity contribution < 1.29 is 4.74 Å². The number of hydrogen-bond donors (Lipinski definition) is 2. The highest BCUT2D eigenvalue weighted by atomic mass is 16.5. The molecule has 0 spiro atoms. The van der Waals surface area contributed by atoms with Crippen molar-refractivity contribution >= 4 is 28.6 Å². The summed E-state index contributed by atoms with van der Waals surface area (Å²) in [5.41, 5.74) is 8.57. The van der Waals surface area contributed by atoms with E-state index in [0.717, 1.165) is 60.4 Å². The fraction of sp³-hybridized carbons (Fsp3) is 0.500. The van der Waals surface area contributed by atoms with Crippen molar-refractivity contribution in [2.45, 2.75) is 52.5 Å². The highest BCUT2D eigenvalue weighted by Gasteiger charge is 2.15. The summed E-state index contributed by atoms with van der Waals surface area (Å²) in [6.45, 7) is 7.92. The molecule has 0 radical (unpaired) electrons. The van der Waals surface area contributed by atoms with Gasteiger partial charge in [-0.25, -0.2) is 9.97 Å². The molecule has 1 aromatic carbocycles. The molecule has 3 aromatic rings. The predicted molar refractivity (Wildman–Crippen MR) is 130 cm³/mol. The molecule has 0 saturated carbocycles. The zero-order chi connectivity index (χ0) is 22.1. The molecule has 0 saturated heterocycles. The first kappa shape index (κ1) is 22.9. The number of benzene rings is 1. The third-order valence-electron chi connectivity index (χ3n) is 5.40. The molecular weight excluding hydrogens is 388 g/mol. The number of aromatic nitrogens is 3. The van der Waals surface area contributed by atoms with Crippen molar-refractivity contribution in [3.05, 3.63) is 36.4 Å². The molecule has 3 rings (SSSR count). The van der Waals surface area contributed by atoms with Crippen LogP contribution in [-0.2, 0) is 6.54 Å². The second kappa shape index (κ2) is 11.6. The summed E-state index contributed by atoms with van der Waals surface area (Å²) in [6.07, 6.45) is 5.55. The lowest BCUT2D eigenvalue weighted by Gasteiger charge is -2.23. The van der Waals surface area contributed by atoms with Gasteiger partial charge >= 0.3 is 0 Å². The number of nitrogens with one attached hydrogen (secondary N) is 1. The Morgan fingerprint density at radius 2 is 1.68 bits per heavy atom. The van der Waals surface area contributed by atoms with E-state index in [1.807, 2.05) is 24.3 Å². The summed E-state index contributed by atoms with van der Waals surface area (Å²) in [5.74, 6) is 2.64. The Balaban J connectivity index is 1.94. The van der Waals surface area contributed by atoms with Crippen LogP contribution < -0.4 is 20.7 Å². The molecule has 3 N–H and O–H groups in total. The monoisotopic (exact) mass is 424 g/mol. The number of anilines is 3. The quantitative estimate of drug-likeness (QED) is 0.404. The van der Waals surface area contributed by atoms with Crippen LogP contribution in [0.1, 0.15) is 46.0 Å². The minimum atomic E-state index is 0.625. The van der Waals surface area contributed by atoms with E-state index in [1.165, 1.54) is 25.7 Å². The summed E-state index contributed by atoms with van der Waals surface area (Å²) in [7, 11) is 1.67. The maximum absolute atomic E-state index is 5.81. The standard InChI is InChI=1S/C24H36N6O/c1-4-6-16-29(17-7-5-2)22-14-13-21-23(28-22)30(18-8-15-25)24(27-21)26-19-9-11-20(31-3)12-10-19/h9-14H,4-8,15-18,25H2,1-3H3,(H,26,27). The molecule has 0 atom stereocenters. The average Bonchev–Trinajstić information content (AvgIpc) is 3.14. The smallest absolute Gasteiger partial charge is 0.209 e. The van der Waals surface area contributed by atoms with Crippen LogP contribution in [0.15, 0.2) is 36.4 Å². The van der Waals surface area contributed by atoms with E-state index >= 15 is 0 Å². The van der Waals surface area contributed by atoms with Gasteiger partial charge in [-0.15, -0.1) is 0 Å². The van der Waals surface area contributed by atoms with E-state index in [0.29, 0.717) is 6.54 Å². The van der Waals surface area contributed by atoms with Crippen LogP contribution >= 0.6 is 0 Å². The predicted octanol–water partition coefficient (Wildman–Crippen LogP) is 4.94. The number of hydrogen-bond acceptors (Lipinski definition) is 6. The molecule has 0 aliphatic rings. The topological polar surface area (TPSA) is 81.2 Å². The molecule has 2 aromatic heterocycles. The van der Waals surface area contributed by atoms with E-state index in [-0.39, 0.29) is 0 Å². The summed E-state index contributed by atoms with van der Waals surface area (Å²) >= 11 is 0. The van der Waals surface area contributed by atoms with Gasteiger partial charge in [-0.05, 0) is 62.2 Å². The van der Waals surface area contributed by atoms with Crippen LogP contribution in [0.4, 0.5) is 17.5 Å². The van der Waals surface area contributed by atoms with E-state index < -0.39 is 0 Å². The molecule has 0 fully saturated rings. The minimum absolute atomic E-state index is 0.625. The maximum Gasteiger partial charge on any atom is 0.209 e. The number of unbranched alkanes of at least 4 members (excludes halogenated alkanes) is 2. The first-order chi connectivity index (χ1) is 15.2. The number of nitrogens with two attached hydrogens (primary N) is 1. The molecule has 7 nitrogen and oxygen atoms in total. The van der Waals surface area contributed by atoms with Crippen molar-refractivity contribution in [1.82, 2.24) is 14.5 Å². The van der Waals surface area contributed by atoms with Gasteiger partial charge in [0.05, 0.1) is 7.11 Å². The molecular formula is C24H36N6O. The molecule has 31 heavy (non-hydrogen) atoms. The van der Waals surface area contributed by atoms with Crippen LogP contribution in [0, 0.1) is 0 Å². The molecule has 0 bridgehead atoms. The Morgan fingerprint density at radius 3 is 2.29 bits per heavy atom. The van der Waals surface area contributed by atoms with Gasteiger partial charge in [0.1, 0.15) is 17.1 Å². The van der Waals surface area contributed by atoms with Crippen LogP contribution in [0.3, 0.4) is 0 Å². The third kappa shape index (κ3) is 5.88. The Labute approximate surface area is 185 Å². The Hall–Kier alpha value is -2.80. The Kier molecular flexibility index (Phi) is 8.53. The first-order valence-electron chi connectivity index (χ1n) is 11.4. The maximum atomic E-state index is 5.81. The van der Waals surface area contributed by atoms with Gasteiger partial charge in [0.15, 0.2) is 5.65 Å². The number of methoxy groups -OCH3 is 1. The van der Waals surface area contributed by atoms with Crippen molar-refractivity contribution in [1.29, 1.82) is 0 Å². The summed E-state index contributed by atoms with van der Waals surface area (Å²) in [6, 6.07) is 12.0. The first-order valence-corrected chi connectivity index (χ1v) is 11.4. The third-order valence-corrected chi connectivity index (χ3v) is 5.40. The number of nitrogens with zero attached hydrogens (tertiary/aromatic N) is 4. The van der Waals surface area contributed by atoms with E-state index in [9.17, 15) is 0 Å². The molecule has 0 aliphatic heterocycles. The number of rotatable bonds is 13. The Morgan fingerprint density at radius 1 is 0.968 bits per heavy atom. The molecule has 7 heteroatoms. The second-order valence-electron chi connectivity index (χ2n) is 7.79. The lowest BCUT2D eigenvalue weighted by atomic mass is 10.2. The van der Waals surface area contributed by atoms with Crippen molar-refractivity contribution in [3.8, 4) is 5.75 Å². The van der Waals surface area contributed by atoms with Gasteiger partial charge < -0.3 is 20.7 Å². The van der Waals surface area contributed by atoms with Crippen LogP contribution in [-0.4, -0.2) is 41.3 Å². The summed E-state index contributed by atoms with van der Waals surface area (Å²) in [5, 5.41) is 3.44. The van der Waals surface area contributed by atoms with Gasteiger partial charge in [-0.3, -0.25) is 4.57 Å².